The number of ether oxygens (including phenoxy) is 1. The van der Waals surface area contributed by atoms with Gasteiger partial charge >= 0.3 is 0 Å². The second kappa shape index (κ2) is 8.08. The Hall–Kier alpha value is -3.08. The van der Waals surface area contributed by atoms with E-state index in [2.05, 4.69) is 30.2 Å². The van der Waals surface area contributed by atoms with Crippen LogP contribution in [0.3, 0.4) is 0 Å². The number of fused-ring (bicyclic) bond motifs is 1. The van der Waals surface area contributed by atoms with Crippen molar-refractivity contribution < 1.29 is 9.53 Å². The first-order valence-corrected chi connectivity index (χ1v) is 9.02. The lowest BCUT2D eigenvalue weighted by Crippen LogP contribution is -2.28. The number of nitrogens with one attached hydrogen (secondary N) is 2. The van der Waals surface area contributed by atoms with Crippen molar-refractivity contribution in [2.45, 2.75) is 32.7 Å². The molecule has 3 aromatic rings. The van der Waals surface area contributed by atoms with E-state index in [0.29, 0.717) is 17.2 Å². The van der Waals surface area contributed by atoms with Gasteiger partial charge in [-0.1, -0.05) is 38.1 Å². The Kier molecular flexibility index (Phi) is 5.60. The maximum absolute atomic E-state index is 12.3. The van der Waals surface area contributed by atoms with Crippen molar-refractivity contribution in [1.82, 2.24) is 10.3 Å². The largest absolute Gasteiger partial charge is 0.496 e. The highest BCUT2D eigenvalue weighted by Crippen LogP contribution is 2.20. The zero-order valence-electron chi connectivity index (χ0n) is 15.8. The summed E-state index contributed by atoms with van der Waals surface area (Å²) in [6, 6.07) is 15.3. The van der Waals surface area contributed by atoms with Gasteiger partial charge in [-0.15, -0.1) is 0 Å². The van der Waals surface area contributed by atoms with Gasteiger partial charge in [0.25, 0.3) is 5.56 Å². The number of para-hydroxylation sites is 1. The van der Waals surface area contributed by atoms with Gasteiger partial charge in [0.15, 0.2) is 0 Å². The Morgan fingerprint density at radius 2 is 1.89 bits per heavy atom. The molecule has 0 bridgehead atoms. The number of hydrogen-bond acceptors (Lipinski definition) is 3. The highest BCUT2D eigenvalue weighted by Gasteiger charge is 2.10. The Labute approximate surface area is 158 Å². The highest BCUT2D eigenvalue weighted by molar-refractivity contribution is 5.81. The zero-order chi connectivity index (χ0) is 19.4. The van der Waals surface area contributed by atoms with Crippen molar-refractivity contribution in [1.29, 1.82) is 0 Å². The summed E-state index contributed by atoms with van der Waals surface area (Å²) in [6.07, 6.45) is 0.201. The quantitative estimate of drug-likeness (QED) is 0.703. The van der Waals surface area contributed by atoms with Gasteiger partial charge in [-0.25, -0.2) is 0 Å². The first kappa shape index (κ1) is 18.7. The van der Waals surface area contributed by atoms with Gasteiger partial charge in [-0.05, 0) is 41.1 Å². The molecule has 0 saturated carbocycles. The van der Waals surface area contributed by atoms with Crippen LogP contribution in [0.1, 0.15) is 36.5 Å². The van der Waals surface area contributed by atoms with Crippen molar-refractivity contribution in [2.75, 3.05) is 7.11 Å². The van der Waals surface area contributed by atoms with Crippen molar-refractivity contribution in [3.05, 3.63) is 75.6 Å². The van der Waals surface area contributed by atoms with Crippen LogP contribution in [-0.2, 0) is 17.8 Å². The molecule has 3 rings (SSSR count). The normalized spacial score (nSPS) is 11.0. The third-order valence-corrected chi connectivity index (χ3v) is 4.63. The van der Waals surface area contributed by atoms with Gasteiger partial charge in [0.2, 0.25) is 5.91 Å². The first-order valence-electron chi connectivity index (χ1n) is 9.02. The summed E-state index contributed by atoms with van der Waals surface area (Å²) in [7, 11) is 1.58. The molecule has 0 saturated heterocycles. The molecular formula is C22H24N2O3. The van der Waals surface area contributed by atoms with Crippen LogP contribution in [0.5, 0.6) is 5.75 Å². The predicted octanol–water partition coefficient (Wildman–Crippen LogP) is 3.52. The maximum Gasteiger partial charge on any atom is 0.253 e. The topological polar surface area (TPSA) is 71.2 Å². The van der Waals surface area contributed by atoms with Crippen molar-refractivity contribution in [2.24, 2.45) is 0 Å². The van der Waals surface area contributed by atoms with E-state index < -0.39 is 0 Å². The van der Waals surface area contributed by atoms with E-state index in [0.717, 1.165) is 16.5 Å². The maximum atomic E-state index is 12.3. The molecule has 0 fully saturated rings. The summed E-state index contributed by atoms with van der Waals surface area (Å²) >= 11 is 0. The molecule has 0 aliphatic rings. The number of pyridine rings is 1. The van der Waals surface area contributed by atoms with E-state index in [1.807, 2.05) is 42.5 Å². The number of hydrogen-bond donors (Lipinski definition) is 2. The van der Waals surface area contributed by atoms with Crippen molar-refractivity contribution in [3.63, 3.8) is 0 Å². The fourth-order valence-corrected chi connectivity index (χ4v) is 3.04. The number of H-pyrrole nitrogens is 1. The molecule has 2 N–H and O–H groups in total. The summed E-state index contributed by atoms with van der Waals surface area (Å²) in [5, 5.41) is 3.79. The minimum Gasteiger partial charge on any atom is -0.496 e. The summed E-state index contributed by atoms with van der Waals surface area (Å²) in [4.78, 5) is 27.5. The van der Waals surface area contributed by atoms with Gasteiger partial charge in [-0.3, -0.25) is 9.59 Å². The lowest BCUT2D eigenvalue weighted by molar-refractivity contribution is -0.120. The number of carbonyl (C=O) groups is 1. The lowest BCUT2D eigenvalue weighted by atomic mass is 10.0. The second-order valence-electron chi connectivity index (χ2n) is 6.89. The molecule has 0 unspecified atom stereocenters. The van der Waals surface area contributed by atoms with E-state index in [4.69, 9.17) is 4.74 Å². The lowest BCUT2D eigenvalue weighted by Gasteiger charge is -2.10. The molecule has 0 radical (unpaired) electrons. The molecule has 2 aromatic carbocycles. The van der Waals surface area contributed by atoms with Crippen LogP contribution in [0.4, 0.5) is 0 Å². The number of aromatic nitrogens is 1. The smallest absolute Gasteiger partial charge is 0.253 e. The molecule has 0 spiro atoms. The molecule has 27 heavy (non-hydrogen) atoms. The van der Waals surface area contributed by atoms with Crippen LogP contribution in [-0.4, -0.2) is 18.0 Å². The minimum atomic E-state index is -0.183. The van der Waals surface area contributed by atoms with Gasteiger partial charge < -0.3 is 15.0 Å². The molecule has 5 nitrogen and oxygen atoms in total. The molecule has 5 heteroatoms. The predicted molar refractivity (Wildman–Crippen MR) is 107 cm³/mol. The average Bonchev–Trinajstić information content (AvgIpc) is 2.66. The van der Waals surface area contributed by atoms with Gasteiger partial charge in [0, 0.05) is 23.2 Å². The van der Waals surface area contributed by atoms with Crippen LogP contribution in [0, 0.1) is 0 Å². The van der Waals surface area contributed by atoms with Crippen LogP contribution in [0.25, 0.3) is 10.9 Å². The number of methoxy groups -OCH3 is 1. The van der Waals surface area contributed by atoms with Crippen LogP contribution >= 0.6 is 0 Å². The summed E-state index contributed by atoms with van der Waals surface area (Å²) < 4.78 is 5.27. The van der Waals surface area contributed by atoms with Gasteiger partial charge in [-0.2, -0.15) is 0 Å². The average molecular weight is 364 g/mol. The van der Waals surface area contributed by atoms with Crippen LogP contribution < -0.4 is 15.6 Å². The monoisotopic (exact) mass is 364 g/mol. The Balaban J connectivity index is 1.75. The molecule has 1 heterocycles. The number of rotatable bonds is 6. The van der Waals surface area contributed by atoms with E-state index >= 15 is 0 Å². The minimum absolute atomic E-state index is 0.157. The van der Waals surface area contributed by atoms with Crippen LogP contribution in [0.2, 0.25) is 0 Å². The Morgan fingerprint density at radius 1 is 1.11 bits per heavy atom. The highest BCUT2D eigenvalue weighted by atomic mass is 16.5. The summed E-state index contributed by atoms with van der Waals surface area (Å²) in [6.45, 7) is 4.45. The van der Waals surface area contributed by atoms with Crippen LogP contribution in [0.15, 0.2) is 53.3 Å². The summed E-state index contributed by atoms with van der Waals surface area (Å²) in [5.41, 5.74) is 3.18. The third-order valence-electron chi connectivity index (χ3n) is 4.63. The number of aromatic amines is 1. The Bertz CT molecular complexity index is 1020. The van der Waals surface area contributed by atoms with Gasteiger partial charge in [0.05, 0.1) is 13.5 Å². The molecule has 1 amide bonds. The van der Waals surface area contributed by atoms with E-state index in [1.54, 1.807) is 7.11 Å². The molecular weight excluding hydrogens is 340 g/mol. The fraction of sp³-hybridized carbons (Fsp3) is 0.273. The SMILES string of the molecule is COc1ccccc1CC(=O)NCc1cc2cc(C(C)C)ccc2[nH]c1=O. The standard InChI is InChI=1S/C22H24N2O3/c1-14(2)15-8-9-19-17(10-15)11-18(22(26)24-19)13-23-21(25)12-16-6-4-5-7-20(16)27-3/h4-11,14H,12-13H2,1-3H3,(H,23,25)(H,24,26). The molecule has 1 aromatic heterocycles. The number of amides is 1. The van der Waals surface area contributed by atoms with Crippen molar-refractivity contribution in [3.8, 4) is 5.75 Å². The van der Waals surface area contributed by atoms with E-state index in [-0.39, 0.29) is 24.4 Å². The second-order valence-corrected chi connectivity index (χ2v) is 6.89. The number of benzene rings is 2. The Morgan fingerprint density at radius 3 is 2.63 bits per heavy atom. The molecule has 0 aliphatic carbocycles. The first-order chi connectivity index (χ1) is 13.0. The van der Waals surface area contributed by atoms with Gasteiger partial charge in [0.1, 0.15) is 5.75 Å². The third kappa shape index (κ3) is 4.37. The van der Waals surface area contributed by atoms with E-state index in [1.165, 1.54) is 5.56 Å². The fourth-order valence-electron chi connectivity index (χ4n) is 3.04. The molecule has 140 valence electrons. The number of carbonyl (C=O) groups excluding carboxylic acids is 1. The van der Waals surface area contributed by atoms with E-state index in [9.17, 15) is 9.59 Å². The van der Waals surface area contributed by atoms with Crippen molar-refractivity contribution >= 4 is 16.8 Å². The summed E-state index contributed by atoms with van der Waals surface area (Å²) in [5.74, 6) is 0.928. The molecule has 0 atom stereocenters. The zero-order valence-corrected chi connectivity index (χ0v) is 15.8. The molecule has 0 aliphatic heterocycles.